The van der Waals surface area contributed by atoms with E-state index >= 15 is 0 Å². The molecular weight excluding hydrogens is 328 g/mol. The Bertz CT molecular complexity index is 833. The quantitative estimate of drug-likeness (QED) is 0.609. The number of ether oxygens (including phenoxy) is 1. The van der Waals surface area contributed by atoms with E-state index in [4.69, 9.17) is 9.15 Å². The average molecular weight is 356 g/mol. The fraction of sp³-hybridized carbons (Fsp3) is 0.500. The summed E-state index contributed by atoms with van der Waals surface area (Å²) in [6, 6.07) is 8.79. The third-order valence-corrected chi connectivity index (χ3v) is 5.59. The second-order valence-corrected chi connectivity index (χ2v) is 7.62. The predicted octanol–water partition coefficient (Wildman–Crippen LogP) is 4.55. The number of allylic oxidation sites excluding steroid dienone is 1. The Kier molecular flexibility index (Phi) is 5.82. The molecule has 1 aliphatic carbocycles. The molecule has 26 heavy (non-hydrogen) atoms. The third kappa shape index (κ3) is 4.36. The van der Waals surface area contributed by atoms with E-state index in [1.54, 1.807) is 12.1 Å². The molecule has 0 aliphatic heterocycles. The molecule has 0 spiro atoms. The minimum atomic E-state index is -0.354. The number of aliphatic hydroxyl groups excluding tert-OH is 1. The van der Waals surface area contributed by atoms with Crippen LogP contribution in [0.5, 0.6) is 5.75 Å². The Balaban J connectivity index is 1.74. The van der Waals surface area contributed by atoms with Gasteiger partial charge in [-0.15, -0.1) is 0 Å². The first-order valence-electron chi connectivity index (χ1n) is 9.45. The Morgan fingerprint density at radius 2 is 2.08 bits per heavy atom. The third-order valence-electron chi connectivity index (χ3n) is 5.59. The van der Waals surface area contributed by atoms with Crippen LogP contribution in [0.15, 0.2) is 51.2 Å². The van der Waals surface area contributed by atoms with Crippen molar-refractivity contribution in [1.29, 1.82) is 0 Å². The summed E-state index contributed by atoms with van der Waals surface area (Å²) in [7, 11) is 0. The van der Waals surface area contributed by atoms with E-state index < -0.39 is 0 Å². The van der Waals surface area contributed by atoms with E-state index in [0.717, 1.165) is 24.6 Å². The van der Waals surface area contributed by atoms with Gasteiger partial charge in [0.15, 0.2) is 0 Å². The molecule has 0 fully saturated rings. The highest BCUT2D eigenvalue weighted by Gasteiger charge is 2.31. The largest absolute Gasteiger partial charge is 0.493 e. The number of hydrogen-bond donors (Lipinski definition) is 1. The van der Waals surface area contributed by atoms with Gasteiger partial charge in [-0.3, -0.25) is 0 Å². The fourth-order valence-electron chi connectivity index (χ4n) is 3.92. The molecule has 0 saturated carbocycles. The van der Waals surface area contributed by atoms with Crippen molar-refractivity contribution in [2.45, 2.75) is 46.1 Å². The van der Waals surface area contributed by atoms with Crippen LogP contribution in [0.3, 0.4) is 0 Å². The first kappa shape index (κ1) is 18.7. The van der Waals surface area contributed by atoms with Crippen molar-refractivity contribution in [3.05, 3.63) is 52.4 Å². The van der Waals surface area contributed by atoms with E-state index in [2.05, 4.69) is 19.9 Å². The molecule has 1 aliphatic rings. The van der Waals surface area contributed by atoms with Gasteiger partial charge >= 0.3 is 5.63 Å². The topological polar surface area (TPSA) is 59.7 Å². The number of hydrogen-bond acceptors (Lipinski definition) is 4. The van der Waals surface area contributed by atoms with Crippen LogP contribution in [0.2, 0.25) is 0 Å². The highest BCUT2D eigenvalue weighted by Crippen LogP contribution is 2.38. The Hall–Kier alpha value is -2.07. The molecule has 0 amide bonds. The number of fused-ring (bicyclic) bond motifs is 1. The molecule has 1 aromatic carbocycles. The van der Waals surface area contributed by atoms with Crippen molar-refractivity contribution < 1.29 is 14.3 Å². The van der Waals surface area contributed by atoms with Crippen molar-refractivity contribution in [2.24, 2.45) is 17.8 Å². The molecule has 1 N–H and O–H groups in total. The summed E-state index contributed by atoms with van der Waals surface area (Å²) in [4.78, 5) is 11.4. The molecule has 1 aromatic heterocycles. The zero-order valence-electron chi connectivity index (χ0n) is 15.8. The van der Waals surface area contributed by atoms with Gasteiger partial charge in [-0.05, 0) is 63.1 Å². The molecule has 140 valence electrons. The SMILES string of the molecule is CC1=CCC(C)C(CCC(C)O)C1COc1ccc2ccc(=O)oc2c1. The van der Waals surface area contributed by atoms with E-state index in [9.17, 15) is 9.90 Å². The summed E-state index contributed by atoms with van der Waals surface area (Å²) < 4.78 is 11.3. The number of rotatable bonds is 6. The van der Waals surface area contributed by atoms with Crippen molar-refractivity contribution in [3.63, 3.8) is 0 Å². The monoisotopic (exact) mass is 356 g/mol. The van der Waals surface area contributed by atoms with Crippen LogP contribution >= 0.6 is 0 Å². The molecule has 3 rings (SSSR count). The van der Waals surface area contributed by atoms with E-state index in [0.29, 0.717) is 35.7 Å². The van der Waals surface area contributed by atoms with Crippen molar-refractivity contribution >= 4 is 11.0 Å². The molecule has 0 saturated heterocycles. The average Bonchev–Trinajstić information content (AvgIpc) is 2.60. The maximum absolute atomic E-state index is 11.4. The minimum absolute atomic E-state index is 0.265. The van der Waals surface area contributed by atoms with Crippen molar-refractivity contribution in [1.82, 2.24) is 0 Å². The van der Waals surface area contributed by atoms with Crippen LogP contribution in [0.25, 0.3) is 11.0 Å². The highest BCUT2D eigenvalue weighted by molar-refractivity contribution is 5.77. The molecular formula is C22H28O4. The smallest absolute Gasteiger partial charge is 0.336 e. The van der Waals surface area contributed by atoms with Crippen LogP contribution in [0.1, 0.15) is 40.0 Å². The van der Waals surface area contributed by atoms with Crippen molar-refractivity contribution in [3.8, 4) is 5.75 Å². The molecule has 4 nitrogen and oxygen atoms in total. The van der Waals surface area contributed by atoms with E-state index in [-0.39, 0.29) is 11.7 Å². The summed E-state index contributed by atoms with van der Waals surface area (Å²) in [6.07, 6.45) is 4.97. The van der Waals surface area contributed by atoms with Gasteiger partial charge < -0.3 is 14.3 Å². The van der Waals surface area contributed by atoms with Crippen LogP contribution in [0, 0.1) is 17.8 Å². The molecule has 4 heteroatoms. The maximum atomic E-state index is 11.4. The van der Waals surface area contributed by atoms with Gasteiger partial charge in [0.2, 0.25) is 0 Å². The van der Waals surface area contributed by atoms with Gasteiger partial charge in [-0.25, -0.2) is 4.79 Å². The second kappa shape index (κ2) is 8.09. The lowest BCUT2D eigenvalue weighted by Gasteiger charge is -2.36. The molecule has 2 aromatic rings. The van der Waals surface area contributed by atoms with Crippen LogP contribution in [0.4, 0.5) is 0 Å². The van der Waals surface area contributed by atoms with Gasteiger partial charge in [-0.2, -0.15) is 0 Å². The fourth-order valence-corrected chi connectivity index (χ4v) is 3.92. The molecule has 1 heterocycles. The van der Waals surface area contributed by atoms with Gasteiger partial charge in [0, 0.05) is 23.4 Å². The molecule has 4 atom stereocenters. The standard InChI is InChI=1S/C22H28O4/c1-14-4-5-15(2)20(19(14)10-6-16(3)23)13-25-18-9-7-17-8-11-22(24)26-21(17)12-18/h5,7-9,11-12,14,16,19-20,23H,4,6,10,13H2,1-3H3. The highest BCUT2D eigenvalue weighted by atomic mass is 16.5. The lowest BCUT2D eigenvalue weighted by molar-refractivity contribution is 0.127. The van der Waals surface area contributed by atoms with Gasteiger partial charge in [-0.1, -0.05) is 18.6 Å². The zero-order valence-corrected chi connectivity index (χ0v) is 15.8. The molecule has 0 radical (unpaired) electrons. The van der Waals surface area contributed by atoms with Gasteiger partial charge in [0.05, 0.1) is 12.7 Å². The van der Waals surface area contributed by atoms with Crippen LogP contribution < -0.4 is 10.4 Å². The Labute approximate surface area is 154 Å². The molecule has 4 unspecified atom stereocenters. The first-order chi connectivity index (χ1) is 12.4. The Morgan fingerprint density at radius 3 is 2.85 bits per heavy atom. The number of aliphatic hydroxyl groups is 1. The van der Waals surface area contributed by atoms with E-state index in [1.807, 2.05) is 19.1 Å². The second-order valence-electron chi connectivity index (χ2n) is 7.62. The van der Waals surface area contributed by atoms with Crippen LogP contribution in [-0.2, 0) is 0 Å². The van der Waals surface area contributed by atoms with Gasteiger partial charge in [0.25, 0.3) is 0 Å². The minimum Gasteiger partial charge on any atom is -0.493 e. The van der Waals surface area contributed by atoms with Gasteiger partial charge in [0.1, 0.15) is 11.3 Å². The predicted molar refractivity (Wildman–Crippen MR) is 103 cm³/mol. The first-order valence-corrected chi connectivity index (χ1v) is 9.45. The lowest BCUT2D eigenvalue weighted by atomic mass is 9.71. The van der Waals surface area contributed by atoms with E-state index in [1.165, 1.54) is 11.6 Å². The van der Waals surface area contributed by atoms with Crippen molar-refractivity contribution in [2.75, 3.05) is 6.61 Å². The number of benzene rings is 1. The normalized spacial score (nSPS) is 24.3. The molecule has 0 bridgehead atoms. The summed E-state index contributed by atoms with van der Waals surface area (Å²) in [6.45, 7) is 6.91. The summed E-state index contributed by atoms with van der Waals surface area (Å²) in [5.74, 6) is 2.15. The summed E-state index contributed by atoms with van der Waals surface area (Å²) in [5.41, 5.74) is 1.56. The Morgan fingerprint density at radius 1 is 1.31 bits per heavy atom. The lowest BCUT2D eigenvalue weighted by Crippen LogP contribution is -2.31. The summed E-state index contributed by atoms with van der Waals surface area (Å²) in [5, 5.41) is 10.6. The maximum Gasteiger partial charge on any atom is 0.336 e. The zero-order chi connectivity index (χ0) is 18.7. The van der Waals surface area contributed by atoms with Crippen LogP contribution in [-0.4, -0.2) is 17.8 Å². The summed E-state index contributed by atoms with van der Waals surface area (Å²) >= 11 is 0.